The SMILES string of the molecule is CC(C)(C)OC(=O)N1C[C@@H](N)C[C@H]1C(=O)Nc1ccc(/C=C/c2ccc(NC(=O)[C@@H]3C[C@H](N)CN3C(=O)OC(C)(C)C)cc2)cc1.CC(C)(C)OC(=O)N1C[C@@H](NC(=O)OCC2c3ccccc3-c3ccccc32)C[C@H]1C(=O)Nc1ccc(/C=C/c2ccc(NC(=O)[C@@H]3C[C@H](NC(=O)OCC4c5ccccc5-c5ccccc54)CN3C(=O)OC(C)(C)C)cc2)cc1. The van der Waals surface area contributed by atoms with Gasteiger partial charge in [-0.05, 0) is 224 Å². The molecule has 10 amide bonds. The minimum absolute atomic E-state index is 0.0488. The minimum atomic E-state index is -0.936. The van der Waals surface area contributed by atoms with Crippen LogP contribution in [0.3, 0.4) is 0 Å². The van der Waals surface area contributed by atoms with Crippen molar-refractivity contribution in [2.24, 2.45) is 11.5 Å². The second-order valence-corrected chi connectivity index (χ2v) is 36.5. The first-order valence-corrected chi connectivity index (χ1v) is 42.5. The van der Waals surface area contributed by atoms with E-state index < -0.39 is 107 Å². The first-order chi connectivity index (χ1) is 59.8. The molecule has 8 aromatic rings. The highest BCUT2D eigenvalue weighted by Crippen LogP contribution is 2.46. The number of nitrogens with one attached hydrogen (secondary N) is 6. The Hall–Kier alpha value is -13.3. The van der Waals surface area contributed by atoms with Crippen LogP contribution >= 0.6 is 0 Å². The molecule has 14 rings (SSSR count). The zero-order valence-electron chi connectivity index (χ0n) is 73.1. The van der Waals surface area contributed by atoms with E-state index in [1.807, 2.05) is 146 Å². The van der Waals surface area contributed by atoms with Crippen molar-refractivity contribution in [2.75, 3.05) is 60.7 Å². The molecular formula is C98H112N12O16. The number of ether oxygens (including phenoxy) is 6. The van der Waals surface area contributed by atoms with Crippen molar-refractivity contribution < 1.29 is 76.4 Å². The number of likely N-dealkylation sites (tertiary alicyclic amines) is 4. The topological polar surface area (TPSA) is 363 Å². The van der Waals surface area contributed by atoms with Crippen LogP contribution in [-0.4, -0.2) is 190 Å². The minimum Gasteiger partial charge on any atom is -0.449 e. The molecule has 2 aliphatic carbocycles. The number of nitrogens with zero attached hydrogens (tertiary/aromatic N) is 4. The van der Waals surface area contributed by atoms with Gasteiger partial charge in [-0.3, -0.25) is 38.8 Å². The van der Waals surface area contributed by atoms with Gasteiger partial charge in [-0.1, -0.05) is 170 Å². The predicted molar refractivity (Wildman–Crippen MR) is 483 cm³/mol. The first-order valence-electron chi connectivity index (χ1n) is 42.5. The van der Waals surface area contributed by atoms with Gasteiger partial charge in [0.05, 0.1) is 12.1 Å². The third-order valence-electron chi connectivity index (χ3n) is 22.0. The predicted octanol–water partition coefficient (Wildman–Crippen LogP) is 16.0. The summed E-state index contributed by atoms with van der Waals surface area (Å²) in [6.07, 6.45) is 4.94. The summed E-state index contributed by atoms with van der Waals surface area (Å²) in [6, 6.07) is 56.4. The number of amides is 10. The highest BCUT2D eigenvalue weighted by atomic mass is 16.6. The van der Waals surface area contributed by atoms with E-state index in [2.05, 4.69) is 56.2 Å². The largest absolute Gasteiger partial charge is 0.449 e. The molecule has 6 aliphatic rings. The molecule has 28 heteroatoms. The van der Waals surface area contributed by atoms with Crippen molar-refractivity contribution in [3.8, 4) is 22.3 Å². The zero-order chi connectivity index (χ0) is 90.1. The van der Waals surface area contributed by atoms with E-state index >= 15 is 0 Å². The van der Waals surface area contributed by atoms with E-state index in [1.165, 1.54) is 19.6 Å². The molecule has 660 valence electrons. The Morgan fingerprint density at radius 3 is 0.778 bits per heavy atom. The lowest BCUT2D eigenvalue weighted by Gasteiger charge is -2.28. The monoisotopic (exact) mass is 1710 g/mol. The number of anilines is 4. The van der Waals surface area contributed by atoms with Crippen molar-refractivity contribution in [2.45, 2.75) is 191 Å². The van der Waals surface area contributed by atoms with Crippen molar-refractivity contribution in [1.29, 1.82) is 0 Å². The van der Waals surface area contributed by atoms with Gasteiger partial charge in [-0.15, -0.1) is 0 Å². The standard InChI is InChI=1S/C64H66N6O10.C34H46N6O6/c1-63(2,3)79-61(75)69-35-43(67-59(73)77-37-53-49-19-11-7-15-45(49)46-16-8-12-20-50(46)53)33-55(69)57(71)65-41-29-25-39(26-30-41)23-24-40-27-31-42(32-28-40)66-58(72)56-34-44(36-70(56)62(76)80-64(4,5)6)68-60(74)78-38-54-51-21-13-9-17-47(51)48-18-10-14-22-52(48)54;1-33(2,3)45-31(43)39-19-23(35)17-27(39)29(41)37-25-13-9-21(10-14-25)7-8-22-11-15-26(16-12-22)38-30(42)28-18-24(36)20-40(28)32(44)46-34(4,5)6/h7-32,43-44,53-56H,33-38H2,1-6H3,(H,65,71)(H,66,72)(H,67,73)(H,68,74);7-16,23-24,27-28H,17-20,35-36H2,1-6H3,(H,37,41)(H,38,42)/b24-23+;8-7+/t43-,44-,55-,56-;23-,24-,27-,28-/m00/s1. The Labute approximate surface area is 734 Å². The summed E-state index contributed by atoms with van der Waals surface area (Å²) >= 11 is 0. The lowest BCUT2D eigenvalue weighted by molar-refractivity contribution is -0.121. The third kappa shape index (κ3) is 23.4. The molecule has 8 atom stereocenters. The molecule has 0 saturated carbocycles. The number of hydrogen-bond acceptors (Lipinski definition) is 18. The second kappa shape index (κ2) is 38.4. The summed E-state index contributed by atoms with van der Waals surface area (Å²) in [7, 11) is 0. The van der Waals surface area contributed by atoms with Gasteiger partial charge in [-0.2, -0.15) is 0 Å². The Balaban J connectivity index is 0.000000251. The summed E-state index contributed by atoms with van der Waals surface area (Å²) in [5.41, 5.74) is 23.7. The molecule has 0 unspecified atom stereocenters. The Morgan fingerprint density at radius 1 is 0.317 bits per heavy atom. The van der Waals surface area contributed by atoms with Gasteiger partial charge in [0.1, 0.15) is 59.8 Å². The van der Waals surface area contributed by atoms with Gasteiger partial charge in [0.2, 0.25) is 23.6 Å². The molecule has 126 heavy (non-hydrogen) atoms. The number of nitrogens with two attached hydrogens (primary N) is 2. The zero-order valence-corrected chi connectivity index (χ0v) is 73.1. The third-order valence-corrected chi connectivity index (χ3v) is 22.0. The summed E-state index contributed by atoms with van der Waals surface area (Å²) in [4.78, 5) is 138. The van der Waals surface area contributed by atoms with Crippen LogP contribution < -0.4 is 43.4 Å². The number of alkyl carbamates (subject to hydrolysis) is 2. The number of rotatable bonds is 18. The van der Waals surface area contributed by atoms with Gasteiger partial charge in [0.15, 0.2) is 0 Å². The Morgan fingerprint density at radius 2 is 0.540 bits per heavy atom. The number of hydrogen-bond donors (Lipinski definition) is 8. The highest BCUT2D eigenvalue weighted by Gasteiger charge is 2.47. The molecule has 0 bridgehead atoms. The molecule has 4 saturated heterocycles. The normalized spacial score (nSPS) is 19.6. The Bertz CT molecular complexity index is 4980. The van der Waals surface area contributed by atoms with Crippen LogP contribution in [0.25, 0.3) is 46.6 Å². The van der Waals surface area contributed by atoms with Crippen LogP contribution in [0.1, 0.15) is 165 Å². The number of carbonyl (C=O) groups excluding carboxylic acids is 10. The maximum Gasteiger partial charge on any atom is 0.411 e. The molecule has 0 radical (unpaired) electrons. The van der Waals surface area contributed by atoms with E-state index in [9.17, 15) is 47.9 Å². The Kier molecular flexibility index (Phi) is 27.6. The molecule has 10 N–H and O–H groups in total. The fourth-order valence-electron chi connectivity index (χ4n) is 16.3. The van der Waals surface area contributed by atoms with E-state index in [1.54, 1.807) is 132 Å². The second-order valence-electron chi connectivity index (χ2n) is 36.5. The van der Waals surface area contributed by atoms with Gasteiger partial charge in [-0.25, -0.2) is 28.8 Å². The van der Waals surface area contributed by atoms with Crippen LogP contribution in [-0.2, 0) is 47.6 Å². The maximum atomic E-state index is 13.9. The lowest BCUT2D eigenvalue weighted by atomic mass is 9.98. The highest BCUT2D eigenvalue weighted by molar-refractivity contribution is 6.00. The van der Waals surface area contributed by atoms with E-state index in [0.717, 1.165) is 66.8 Å². The summed E-state index contributed by atoms with van der Waals surface area (Å²) < 4.78 is 33.9. The number of benzene rings is 8. The lowest BCUT2D eigenvalue weighted by Crippen LogP contribution is -2.45. The molecule has 4 heterocycles. The van der Waals surface area contributed by atoms with Crippen LogP contribution in [0.2, 0.25) is 0 Å². The van der Waals surface area contributed by atoms with Crippen molar-refractivity contribution in [3.05, 3.63) is 239 Å². The van der Waals surface area contributed by atoms with Crippen LogP contribution in [0.4, 0.5) is 51.5 Å². The molecular weight excluding hydrogens is 1600 g/mol. The average Bonchev–Trinajstić information content (AvgIpc) is 1.62. The summed E-state index contributed by atoms with van der Waals surface area (Å²) in [5, 5.41) is 17.4. The molecule has 8 aromatic carbocycles. The van der Waals surface area contributed by atoms with Crippen molar-refractivity contribution in [3.63, 3.8) is 0 Å². The summed E-state index contributed by atoms with van der Waals surface area (Å²) in [6.45, 7) is 22.0. The fourth-order valence-corrected chi connectivity index (χ4v) is 16.3. The van der Waals surface area contributed by atoms with Crippen LogP contribution in [0.15, 0.2) is 194 Å². The average molecular weight is 1710 g/mol. The van der Waals surface area contributed by atoms with Crippen molar-refractivity contribution in [1.82, 2.24) is 30.2 Å². The summed E-state index contributed by atoms with van der Waals surface area (Å²) in [5.74, 6) is -1.74. The van der Waals surface area contributed by atoms with Crippen LogP contribution in [0, 0.1) is 0 Å². The quantitative estimate of drug-likeness (QED) is 0.0292. The van der Waals surface area contributed by atoms with Gasteiger partial charge < -0.3 is 71.8 Å². The maximum absolute atomic E-state index is 13.9. The smallest absolute Gasteiger partial charge is 0.411 e. The molecule has 0 spiro atoms. The van der Waals surface area contributed by atoms with E-state index in [4.69, 9.17) is 39.9 Å². The van der Waals surface area contributed by atoms with Gasteiger partial charge in [0.25, 0.3) is 0 Å². The molecule has 4 fully saturated rings. The number of fused-ring (bicyclic) bond motifs is 6. The van der Waals surface area contributed by atoms with Gasteiger partial charge in [0, 0.05) is 72.8 Å². The van der Waals surface area contributed by atoms with E-state index in [0.29, 0.717) is 35.6 Å². The molecule has 0 aromatic heterocycles. The fraction of sp³-hybridized carbons (Fsp3) is 0.367. The molecule has 4 aliphatic heterocycles. The molecule has 28 nitrogen and oxygen atoms in total. The van der Waals surface area contributed by atoms with Gasteiger partial charge >= 0.3 is 36.6 Å². The van der Waals surface area contributed by atoms with E-state index in [-0.39, 0.29) is 88.0 Å². The number of carbonyl (C=O) groups is 10. The van der Waals surface area contributed by atoms with Crippen LogP contribution in [0.5, 0.6) is 0 Å². The van der Waals surface area contributed by atoms with Crippen molar-refractivity contribution >= 4 is 107 Å². The first kappa shape index (κ1) is 90.4.